The topological polar surface area (TPSA) is 32.3 Å². The number of carbonyl (C=O) groups is 1. The Morgan fingerprint density at radius 3 is 2.36 bits per heavy atom. The number of carbonyl (C=O) groups excluding carboxylic acids is 1. The van der Waals surface area contributed by atoms with Gasteiger partial charge < -0.3 is 10.2 Å². The molecule has 1 saturated heterocycles. The van der Waals surface area contributed by atoms with Crippen molar-refractivity contribution in [1.82, 2.24) is 0 Å². The van der Waals surface area contributed by atoms with Gasteiger partial charge in [0, 0.05) is 30.2 Å². The van der Waals surface area contributed by atoms with Crippen LogP contribution >= 0.6 is 11.8 Å². The van der Waals surface area contributed by atoms with E-state index in [9.17, 15) is 4.79 Å². The van der Waals surface area contributed by atoms with E-state index in [1.54, 1.807) is 11.8 Å². The van der Waals surface area contributed by atoms with Crippen LogP contribution in [0.5, 0.6) is 0 Å². The Hall–Kier alpha value is -1.94. The fourth-order valence-corrected chi connectivity index (χ4v) is 3.84. The standard InChI is InChI=1S/C21H26N2OS/c1-17-5-7-18(8-6-17)15-25-16-21(24)22-19-9-11-20(12-10-19)23-13-3-2-4-14-23/h5-12H,2-4,13-16H2,1H3,(H,22,24). The number of hydrogen-bond donors (Lipinski definition) is 1. The fourth-order valence-electron chi connectivity index (χ4n) is 3.05. The molecule has 0 atom stereocenters. The first-order valence-corrected chi connectivity index (χ1v) is 10.1. The highest BCUT2D eigenvalue weighted by Crippen LogP contribution is 2.22. The van der Waals surface area contributed by atoms with Crippen LogP contribution in [0, 0.1) is 6.92 Å². The van der Waals surface area contributed by atoms with Gasteiger partial charge in [-0.2, -0.15) is 0 Å². The Morgan fingerprint density at radius 1 is 1.00 bits per heavy atom. The van der Waals surface area contributed by atoms with E-state index in [-0.39, 0.29) is 5.91 Å². The lowest BCUT2D eigenvalue weighted by Gasteiger charge is -2.28. The van der Waals surface area contributed by atoms with Crippen molar-refractivity contribution in [2.24, 2.45) is 0 Å². The molecular formula is C21H26N2OS. The number of nitrogens with zero attached hydrogens (tertiary/aromatic N) is 1. The van der Waals surface area contributed by atoms with E-state index in [1.807, 2.05) is 12.1 Å². The highest BCUT2D eigenvalue weighted by molar-refractivity contribution is 7.99. The molecule has 2 aromatic rings. The summed E-state index contributed by atoms with van der Waals surface area (Å²) in [6.07, 6.45) is 3.89. The predicted molar refractivity (Wildman–Crippen MR) is 108 cm³/mol. The maximum absolute atomic E-state index is 12.1. The number of benzene rings is 2. The van der Waals surface area contributed by atoms with Crippen molar-refractivity contribution in [3.05, 3.63) is 59.7 Å². The van der Waals surface area contributed by atoms with Crippen LogP contribution in [0.1, 0.15) is 30.4 Å². The smallest absolute Gasteiger partial charge is 0.234 e. The summed E-state index contributed by atoms with van der Waals surface area (Å²) in [4.78, 5) is 14.5. The molecule has 132 valence electrons. The molecule has 1 fully saturated rings. The van der Waals surface area contributed by atoms with Crippen molar-refractivity contribution >= 4 is 29.0 Å². The largest absolute Gasteiger partial charge is 0.372 e. The quantitative estimate of drug-likeness (QED) is 0.804. The normalized spacial score (nSPS) is 14.4. The number of piperidine rings is 1. The average molecular weight is 355 g/mol. The minimum absolute atomic E-state index is 0.0582. The van der Waals surface area contributed by atoms with Gasteiger partial charge in [-0.25, -0.2) is 0 Å². The van der Waals surface area contributed by atoms with Gasteiger partial charge in [0.15, 0.2) is 0 Å². The van der Waals surface area contributed by atoms with E-state index >= 15 is 0 Å². The van der Waals surface area contributed by atoms with Gasteiger partial charge in [0.2, 0.25) is 5.91 Å². The molecule has 1 aliphatic heterocycles. The number of aryl methyl sites for hydroxylation is 1. The van der Waals surface area contributed by atoms with Crippen LogP contribution in [-0.4, -0.2) is 24.7 Å². The second-order valence-electron chi connectivity index (χ2n) is 6.62. The summed E-state index contributed by atoms with van der Waals surface area (Å²) in [5.74, 6) is 1.39. The SMILES string of the molecule is Cc1ccc(CSCC(=O)Nc2ccc(N3CCCCC3)cc2)cc1. The number of hydrogen-bond acceptors (Lipinski definition) is 3. The predicted octanol–water partition coefficient (Wildman–Crippen LogP) is 4.86. The third-order valence-corrected chi connectivity index (χ3v) is 5.50. The van der Waals surface area contributed by atoms with Gasteiger partial charge in [0.25, 0.3) is 0 Å². The summed E-state index contributed by atoms with van der Waals surface area (Å²) >= 11 is 1.65. The number of amides is 1. The van der Waals surface area contributed by atoms with Crippen molar-refractivity contribution in [3.8, 4) is 0 Å². The van der Waals surface area contributed by atoms with Crippen LogP contribution < -0.4 is 10.2 Å². The first-order valence-electron chi connectivity index (χ1n) is 8.99. The molecule has 0 unspecified atom stereocenters. The summed E-state index contributed by atoms with van der Waals surface area (Å²) in [5, 5.41) is 2.99. The minimum Gasteiger partial charge on any atom is -0.372 e. The summed E-state index contributed by atoms with van der Waals surface area (Å²) in [5.41, 5.74) is 4.65. The summed E-state index contributed by atoms with van der Waals surface area (Å²) < 4.78 is 0. The van der Waals surface area contributed by atoms with E-state index in [1.165, 1.54) is 36.1 Å². The third-order valence-electron chi connectivity index (χ3n) is 4.49. The molecule has 2 aromatic carbocycles. The summed E-state index contributed by atoms with van der Waals surface area (Å²) in [7, 11) is 0. The van der Waals surface area contributed by atoms with Gasteiger partial charge in [-0.15, -0.1) is 11.8 Å². The maximum atomic E-state index is 12.1. The number of anilines is 2. The summed E-state index contributed by atoms with van der Waals surface area (Å²) in [6.45, 7) is 4.36. The van der Waals surface area contributed by atoms with E-state index in [0.29, 0.717) is 5.75 Å². The Balaban J connectivity index is 1.43. The Morgan fingerprint density at radius 2 is 1.68 bits per heavy atom. The molecule has 3 rings (SSSR count). The lowest BCUT2D eigenvalue weighted by molar-refractivity contribution is -0.113. The van der Waals surface area contributed by atoms with E-state index < -0.39 is 0 Å². The zero-order valence-corrected chi connectivity index (χ0v) is 15.6. The molecule has 0 aliphatic carbocycles. The first-order chi connectivity index (χ1) is 12.2. The number of thioether (sulfide) groups is 1. The molecule has 1 heterocycles. The van der Waals surface area contributed by atoms with E-state index in [0.717, 1.165) is 24.5 Å². The van der Waals surface area contributed by atoms with Crippen molar-refractivity contribution < 1.29 is 4.79 Å². The molecule has 1 aliphatic rings. The van der Waals surface area contributed by atoms with Gasteiger partial charge in [-0.1, -0.05) is 29.8 Å². The van der Waals surface area contributed by atoms with Crippen molar-refractivity contribution in [3.63, 3.8) is 0 Å². The molecule has 25 heavy (non-hydrogen) atoms. The lowest BCUT2D eigenvalue weighted by Crippen LogP contribution is -2.29. The molecule has 1 N–H and O–H groups in total. The van der Waals surface area contributed by atoms with E-state index in [4.69, 9.17) is 0 Å². The number of rotatable bonds is 6. The van der Waals surface area contributed by atoms with Crippen LogP contribution in [0.4, 0.5) is 11.4 Å². The van der Waals surface area contributed by atoms with Crippen LogP contribution in [0.3, 0.4) is 0 Å². The molecule has 0 aromatic heterocycles. The zero-order chi connectivity index (χ0) is 17.5. The van der Waals surface area contributed by atoms with Crippen LogP contribution in [0.2, 0.25) is 0 Å². The zero-order valence-electron chi connectivity index (χ0n) is 14.8. The van der Waals surface area contributed by atoms with Crippen LogP contribution in [-0.2, 0) is 10.5 Å². The van der Waals surface area contributed by atoms with Gasteiger partial charge in [-0.3, -0.25) is 4.79 Å². The second kappa shape index (κ2) is 8.95. The van der Waals surface area contributed by atoms with Gasteiger partial charge >= 0.3 is 0 Å². The van der Waals surface area contributed by atoms with Crippen molar-refractivity contribution in [1.29, 1.82) is 0 Å². The van der Waals surface area contributed by atoms with Gasteiger partial charge in [0.1, 0.15) is 0 Å². The van der Waals surface area contributed by atoms with Crippen molar-refractivity contribution in [2.75, 3.05) is 29.1 Å². The second-order valence-corrected chi connectivity index (χ2v) is 7.61. The minimum atomic E-state index is 0.0582. The molecule has 3 nitrogen and oxygen atoms in total. The van der Waals surface area contributed by atoms with Crippen LogP contribution in [0.15, 0.2) is 48.5 Å². The fraction of sp³-hybridized carbons (Fsp3) is 0.381. The molecule has 0 radical (unpaired) electrons. The van der Waals surface area contributed by atoms with Crippen LogP contribution in [0.25, 0.3) is 0 Å². The lowest BCUT2D eigenvalue weighted by atomic mass is 10.1. The average Bonchev–Trinajstić information content (AvgIpc) is 2.65. The first kappa shape index (κ1) is 17.9. The molecule has 0 spiro atoms. The Bertz CT molecular complexity index is 676. The third kappa shape index (κ3) is 5.53. The highest BCUT2D eigenvalue weighted by Gasteiger charge is 2.11. The monoisotopic (exact) mass is 354 g/mol. The Labute approximate surface area is 154 Å². The van der Waals surface area contributed by atoms with Gasteiger partial charge in [0.05, 0.1) is 5.75 Å². The number of nitrogens with one attached hydrogen (secondary N) is 1. The van der Waals surface area contributed by atoms with Crippen molar-refractivity contribution in [2.45, 2.75) is 31.9 Å². The van der Waals surface area contributed by atoms with Gasteiger partial charge in [-0.05, 0) is 56.0 Å². The van der Waals surface area contributed by atoms with E-state index in [2.05, 4.69) is 53.5 Å². The molecule has 1 amide bonds. The molecule has 4 heteroatoms. The molecule has 0 bridgehead atoms. The maximum Gasteiger partial charge on any atom is 0.234 e. The Kier molecular flexibility index (Phi) is 6.40. The highest BCUT2D eigenvalue weighted by atomic mass is 32.2. The summed E-state index contributed by atoms with van der Waals surface area (Å²) in [6, 6.07) is 16.7. The molecular weight excluding hydrogens is 328 g/mol. The molecule has 0 saturated carbocycles.